The summed E-state index contributed by atoms with van der Waals surface area (Å²) in [5, 5.41) is 3.67. The summed E-state index contributed by atoms with van der Waals surface area (Å²) in [6.07, 6.45) is 5.28. The zero-order valence-corrected chi connectivity index (χ0v) is 14.1. The number of hydrogen-bond acceptors (Lipinski definition) is 3. The number of halogens is 1. The molecule has 112 valence electrons. The lowest BCUT2D eigenvalue weighted by molar-refractivity contribution is 0.300. The van der Waals surface area contributed by atoms with E-state index in [0.717, 1.165) is 28.4 Å². The molecule has 2 atom stereocenters. The molecular weight excluding hydrogens is 318 g/mol. The predicted octanol–water partition coefficient (Wildman–Crippen LogP) is 4.13. The predicted molar refractivity (Wildman–Crippen MR) is 85.5 cm³/mol. The zero-order chi connectivity index (χ0) is 14.5. The Morgan fingerprint density at radius 1 is 1.20 bits per heavy atom. The first-order valence-electron chi connectivity index (χ1n) is 7.27. The van der Waals surface area contributed by atoms with Crippen LogP contribution in [0.4, 0.5) is 0 Å². The van der Waals surface area contributed by atoms with Gasteiger partial charge in [-0.15, -0.1) is 0 Å². The summed E-state index contributed by atoms with van der Waals surface area (Å²) in [5.74, 6) is 2.38. The van der Waals surface area contributed by atoms with Gasteiger partial charge in [0.25, 0.3) is 0 Å². The van der Waals surface area contributed by atoms with Gasteiger partial charge in [0.15, 0.2) is 11.5 Å². The molecule has 4 heteroatoms. The van der Waals surface area contributed by atoms with Gasteiger partial charge in [0, 0.05) is 17.1 Å². The van der Waals surface area contributed by atoms with E-state index in [1.165, 1.54) is 31.2 Å². The van der Waals surface area contributed by atoms with Crippen LogP contribution < -0.4 is 14.8 Å². The average Bonchev–Trinajstić information content (AvgIpc) is 2.45. The lowest BCUT2D eigenvalue weighted by Gasteiger charge is -2.27. The second-order valence-electron chi connectivity index (χ2n) is 5.65. The van der Waals surface area contributed by atoms with Crippen molar-refractivity contribution in [2.75, 3.05) is 14.2 Å². The van der Waals surface area contributed by atoms with E-state index >= 15 is 0 Å². The molecule has 0 amide bonds. The molecule has 0 heterocycles. The highest BCUT2D eigenvalue weighted by Crippen LogP contribution is 2.33. The lowest BCUT2D eigenvalue weighted by Crippen LogP contribution is -2.33. The average molecular weight is 342 g/mol. The SMILES string of the molecule is COc1cc(Br)c(CNC2CCCC(C)C2)cc1OC. The second-order valence-corrected chi connectivity index (χ2v) is 6.50. The first kappa shape index (κ1) is 15.6. The minimum Gasteiger partial charge on any atom is -0.493 e. The van der Waals surface area contributed by atoms with Gasteiger partial charge in [-0.1, -0.05) is 35.7 Å². The molecule has 2 rings (SSSR count). The number of ether oxygens (including phenoxy) is 2. The fourth-order valence-corrected chi connectivity index (χ4v) is 3.37. The van der Waals surface area contributed by atoms with Gasteiger partial charge < -0.3 is 14.8 Å². The van der Waals surface area contributed by atoms with Crippen LogP contribution in [0.1, 0.15) is 38.2 Å². The minimum atomic E-state index is 0.638. The largest absolute Gasteiger partial charge is 0.493 e. The van der Waals surface area contributed by atoms with Gasteiger partial charge in [-0.2, -0.15) is 0 Å². The molecule has 0 aromatic heterocycles. The molecule has 1 saturated carbocycles. The van der Waals surface area contributed by atoms with Crippen LogP contribution in [-0.4, -0.2) is 20.3 Å². The van der Waals surface area contributed by atoms with E-state index in [9.17, 15) is 0 Å². The van der Waals surface area contributed by atoms with Crippen LogP contribution in [0.15, 0.2) is 16.6 Å². The van der Waals surface area contributed by atoms with Crippen molar-refractivity contribution >= 4 is 15.9 Å². The fourth-order valence-electron chi connectivity index (χ4n) is 2.91. The van der Waals surface area contributed by atoms with E-state index in [-0.39, 0.29) is 0 Å². The maximum Gasteiger partial charge on any atom is 0.161 e. The summed E-state index contributed by atoms with van der Waals surface area (Å²) >= 11 is 3.61. The van der Waals surface area contributed by atoms with Crippen molar-refractivity contribution in [3.05, 3.63) is 22.2 Å². The summed E-state index contributed by atoms with van der Waals surface area (Å²) < 4.78 is 11.7. The number of nitrogens with one attached hydrogen (secondary N) is 1. The topological polar surface area (TPSA) is 30.5 Å². The van der Waals surface area contributed by atoms with Crippen molar-refractivity contribution < 1.29 is 9.47 Å². The van der Waals surface area contributed by atoms with E-state index in [1.54, 1.807) is 14.2 Å². The minimum absolute atomic E-state index is 0.638. The van der Waals surface area contributed by atoms with Crippen molar-refractivity contribution in [1.29, 1.82) is 0 Å². The first-order chi connectivity index (χ1) is 9.63. The molecule has 2 unspecified atom stereocenters. The molecule has 1 aromatic carbocycles. The van der Waals surface area contributed by atoms with Gasteiger partial charge in [-0.25, -0.2) is 0 Å². The van der Waals surface area contributed by atoms with E-state index < -0.39 is 0 Å². The Balaban J connectivity index is 2.01. The van der Waals surface area contributed by atoms with Crippen molar-refractivity contribution in [3.63, 3.8) is 0 Å². The van der Waals surface area contributed by atoms with Crippen LogP contribution >= 0.6 is 15.9 Å². The molecule has 1 aliphatic rings. The molecule has 1 fully saturated rings. The third-order valence-electron chi connectivity index (χ3n) is 4.07. The molecule has 0 spiro atoms. The van der Waals surface area contributed by atoms with E-state index in [0.29, 0.717) is 6.04 Å². The second kappa shape index (κ2) is 7.32. The van der Waals surface area contributed by atoms with E-state index in [2.05, 4.69) is 28.2 Å². The lowest BCUT2D eigenvalue weighted by atomic mass is 9.87. The Morgan fingerprint density at radius 2 is 1.90 bits per heavy atom. The molecule has 1 aromatic rings. The first-order valence-corrected chi connectivity index (χ1v) is 8.07. The number of methoxy groups -OCH3 is 2. The van der Waals surface area contributed by atoms with Gasteiger partial charge in [-0.3, -0.25) is 0 Å². The third kappa shape index (κ3) is 3.89. The zero-order valence-electron chi connectivity index (χ0n) is 12.5. The summed E-state index contributed by atoms with van der Waals surface area (Å²) in [7, 11) is 3.33. The van der Waals surface area contributed by atoms with Crippen LogP contribution in [0.5, 0.6) is 11.5 Å². The molecule has 0 aliphatic heterocycles. The van der Waals surface area contributed by atoms with Crippen molar-refractivity contribution in [1.82, 2.24) is 5.32 Å². The molecular formula is C16H24BrNO2. The smallest absolute Gasteiger partial charge is 0.161 e. The van der Waals surface area contributed by atoms with Crippen molar-refractivity contribution in [3.8, 4) is 11.5 Å². The molecule has 3 nitrogen and oxygen atoms in total. The number of hydrogen-bond donors (Lipinski definition) is 1. The maximum absolute atomic E-state index is 5.37. The molecule has 1 N–H and O–H groups in total. The van der Waals surface area contributed by atoms with Crippen LogP contribution in [0.2, 0.25) is 0 Å². The molecule has 0 radical (unpaired) electrons. The summed E-state index contributed by atoms with van der Waals surface area (Å²) in [4.78, 5) is 0. The molecule has 1 aliphatic carbocycles. The molecule has 0 saturated heterocycles. The molecule has 0 bridgehead atoms. The van der Waals surface area contributed by atoms with Gasteiger partial charge in [0.1, 0.15) is 0 Å². The Hall–Kier alpha value is -0.740. The van der Waals surface area contributed by atoms with Crippen LogP contribution in [0, 0.1) is 5.92 Å². The van der Waals surface area contributed by atoms with E-state index in [1.807, 2.05) is 12.1 Å². The number of rotatable bonds is 5. The van der Waals surface area contributed by atoms with Gasteiger partial charge in [-0.05, 0) is 36.5 Å². The molecule has 20 heavy (non-hydrogen) atoms. The Morgan fingerprint density at radius 3 is 2.55 bits per heavy atom. The van der Waals surface area contributed by atoms with Crippen LogP contribution in [0.25, 0.3) is 0 Å². The van der Waals surface area contributed by atoms with Crippen molar-refractivity contribution in [2.24, 2.45) is 5.92 Å². The van der Waals surface area contributed by atoms with Gasteiger partial charge in [0.2, 0.25) is 0 Å². The van der Waals surface area contributed by atoms with Crippen LogP contribution in [-0.2, 0) is 6.54 Å². The number of benzene rings is 1. The summed E-state index contributed by atoms with van der Waals surface area (Å²) in [6.45, 7) is 3.21. The third-order valence-corrected chi connectivity index (χ3v) is 4.81. The highest BCUT2D eigenvalue weighted by molar-refractivity contribution is 9.10. The summed E-state index contributed by atoms with van der Waals surface area (Å²) in [6, 6.07) is 4.65. The monoisotopic (exact) mass is 341 g/mol. The normalized spacial score (nSPS) is 22.6. The summed E-state index contributed by atoms with van der Waals surface area (Å²) in [5.41, 5.74) is 1.21. The van der Waals surface area contributed by atoms with Crippen LogP contribution in [0.3, 0.4) is 0 Å². The fraction of sp³-hybridized carbons (Fsp3) is 0.625. The Kier molecular flexibility index (Phi) is 5.73. The standard InChI is InChI=1S/C16H24BrNO2/c1-11-5-4-6-13(7-11)18-10-12-8-15(19-2)16(20-3)9-14(12)17/h8-9,11,13,18H,4-7,10H2,1-3H3. The highest BCUT2D eigenvalue weighted by Gasteiger charge is 2.18. The maximum atomic E-state index is 5.37. The quantitative estimate of drug-likeness (QED) is 0.873. The highest BCUT2D eigenvalue weighted by atomic mass is 79.9. The Labute approximate surface area is 130 Å². The van der Waals surface area contributed by atoms with Gasteiger partial charge in [0.05, 0.1) is 14.2 Å². The van der Waals surface area contributed by atoms with E-state index in [4.69, 9.17) is 9.47 Å². The Bertz CT molecular complexity index is 450. The van der Waals surface area contributed by atoms with Gasteiger partial charge >= 0.3 is 0 Å². The van der Waals surface area contributed by atoms with Crippen molar-refractivity contribution in [2.45, 2.75) is 45.2 Å².